The minimum Gasteiger partial charge on any atom is -0.462 e. The quantitative estimate of drug-likeness (QED) is 0.769. The Kier molecular flexibility index (Phi) is 6.60. The van der Waals surface area contributed by atoms with Gasteiger partial charge in [-0.1, -0.05) is 30.3 Å². The second-order valence-electron chi connectivity index (χ2n) is 6.72. The van der Waals surface area contributed by atoms with Crippen LogP contribution in [-0.4, -0.2) is 54.5 Å². The highest BCUT2D eigenvalue weighted by atomic mass is 16.5. The SMILES string of the molecule is CCOC(=O)c1ccc(N2CCCN(C(C(N)=O)c3ccccc3)CC2)nc1. The predicted octanol–water partition coefficient (Wildman–Crippen LogP) is 2.00. The van der Waals surface area contributed by atoms with Crippen molar-refractivity contribution in [2.24, 2.45) is 5.73 Å². The molecule has 2 aromatic rings. The average molecular weight is 382 g/mol. The maximum Gasteiger partial charge on any atom is 0.339 e. The summed E-state index contributed by atoms with van der Waals surface area (Å²) >= 11 is 0. The third-order valence-electron chi connectivity index (χ3n) is 4.86. The van der Waals surface area contributed by atoms with Gasteiger partial charge in [-0.15, -0.1) is 0 Å². The highest BCUT2D eigenvalue weighted by Gasteiger charge is 2.27. The van der Waals surface area contributed by atoms with Crippen LogP contribution in [0.25, 0.3) is 0 Å². The zero-order valence-electron chi connectivity index (χ0n) is 16.1. The first-order chi connectivity index (χ1) is 13.6. The van der Waals surface area contributed by atoms with Crippen molar-refractivity contribution in [1.82, 2.24) is 9.88 Å². The molecule has 1 fully saturated rings. The average Bonchev–Trinajstić information content (AvgIpc) is 2.95. The third kappa shape index (κ3) is 4.67. The van der Waals surface area contributed by atoms with Crippen molar-refractivity contribution in [2.75, 3.05) is 37.7 Å². The fourth-order valence-corrected chi connectivity index (χ4v) is 3.52. The Morgan fingerprint density at radius 2 is 1.89 bits per heavy atom. The van der Waals surface area contributed by atoms with E-state index in [9.17, 15) is 9.59 Å². The van der Waals surface area contributed by atoms with Crippen LogP contribution in [0.1, 0.15) is 35.3 Å². The van der Waals surface area contributed by atoms with Gasteiger partial charge in [0.2, 0.25) is 5.91 Å². The summed E-state index contributed by atoms with van der Waals surface area (Å²) in [6.07, 6.45) is 2.43. The van der Waals surface area contributed by atoms with Gasteiger partial charge < -0.3 is 15.4 Å². The molecule has 1 aliphatic heterocycles. The molecule has 7 nitrogen and oxygen atoms in total. The molecule has 0 saturated carbocycles. The summed E-state index contributed by atoms with van der Waals surface area (Å²) in [6, 6.07) is 12.8. The van der Waals surface area contributed by atoms with E-state index in [-0.39, 0.29) is 11.9 Å². The largest absolute Gasteiger partial charge is 0.462 e. The first-order valence-electron chi connectivity index (χ1n) is 9.56. The molecule has 0 bridgehead atoms. The molecule has 0 aliphatic carbocycles. The fourth-order valence-electron chi connectivity index (χ4n) is 3.52. The van der Waals surface area contributed by atoms with Crippen LogP contribution in [0.3, 0.4) is 0 Å². The van der Waals surface area contributed by atoms with Crippen molar-refractivity contribution in [1.29, 1.82) is 0 Å². The molecular weight excluding hydrogens is 356 g/mol. The number of rotatable bonds is 6. The molecule has 148 valence electrons. The second kappa shape index (κ2) is 9.32. The maximum atomic E-state index is 12.1. The number of carbonyl (C=O) groups is 2. The molecule has 1 amide bonds. The number of hydrogen-bond acceptors (Lipinski definition) is 6. The summed E-state index contributed by atoms with van der Waals surface area (Å²) in [5.41, 5.74) is 7.08. The van der Waals surface area contributed by atoms with Gasteiger partial charge in [-0.25, -0.2) is 9.78 Å². The van der Waals surface area contributed by atoms with Crippen molar-refractivity contribution in [3.63, 3.8) is 0 Å². The molecule has 7 heteroatoms. The van der Waals surface area contributed by atoms with Crippen molar-refractivity contribution in [2.45, 2.75) is 19.4 Å². The van der Waals surface area contributed by atoms with E-state index in [1.54, 1.807) is 19.2 Å². The van der Waals surface area contributed by atoms with E-state index in [0.717, 1.165) is 37.4 Å². The molecule has 1 saturated heterocycles. The van der Waals surface area contributed by atoms with E-state index >= 15 is 0 Å². The molecule has 1 aromatic carbocycles. The number of hydrogen-bond donors (Lipinski definition) is 1. The Hall–Kier alpha value is -2.93. The predicted molar refractivity (Wildman–Crippen MR) is 107 cm³/mol. The molecule has 0 spiro atoms. The normalized spacial score (nSPS) is 16.2. The van der Waals surface area contributed by atoms with Crippen molar-refractivity contribution < 1.29 is 14.3 Å². The topological polar surface area (TPSA) is 88.8 Å². The summed E-state index contributed by atoms with van der Waals surface area (Å²) < 4.78 is 5.00. The van der Waals surface area contributed by atoms with E-state index in [2.05, 4.69) is 14.8 Å². The summed E-state index contributed by atoms with van der Waals surface area (Å²) in [6.45, 7) is 5.14. The van der Waals surface area contributed by atoms with Gasteiger partial charge in [-0.2, -0.15) is 0 Å². The Morgan fingerprint density at radius 3 is 2.54 bits per heavy atom. The first kappa shape index (κ1) is 19.8. The van der Waals surface area contributed by atoms with Gasteiger partial charge in [0, 0.05) is 32.4 Å². The van der Waals surface area contributed by atoms with Gasteiger partial charge in [-0.3, -0.25) is 9.69 Å². The lowest BCUT2D eigenvalue weighted by Crippen LogP contribution is -2.40. The Balaban J connectivity index is 1.69. The lowest BCUT2D eigenvalue weighted by molar-refractivity contribution is -0.123. The lowest BCUT2D eigenvalue weighted by atomic mass is 10.0. The molecule has 1 aliphatic rings. The van der Waals surface area contributed by atoms with Gasteiger partial charge >= 0.3 is 5.97 Å². The summed E-state index contributed by atoms with van der Waals surface area (Å²) in [4.78, 5) is 32.6. The number of primary amides is 1. The molecule has 1 atom stereocenters. The Morgan fingerprint density at radius 1 is 1.11 bits per heavy atom. The number of amides is 1. The summed E-state index contributed by atoms with van der Waals surface area (Å²) in [5, 5.41) is 0. The molecule has 1 aromatic heterocycles. The second-order valence-corrected chi connectivity index (χ2v) is 6.72. The highest BCUT2D eigenvalue weighted by Crippen LogP contribution is 2.23. The number of nitrogens with two attached hydrogens (primary N) is 1. The first-order valence-corrected chi connectivity index (χ1v) is 9.56. The minimum absolute atomic E-state index is 0.337. The van der Waals surface area contributed by atoms with E-state index in [4.69, 9.17) is 10.5 Å². The number of anilines is 1. The number of esters is 1. The zero-order chi connectivity index (χ0) is 19.9. The molecule has 2 heterocycles. The molecule has 28 heavy (non-hydrogen) atoms. The van der Waals surface area contributed by atoms with E-state index in [1.165, 1.54) is 0 Å². The van der Waals surface area contributed by atoms with Gasteiger partial charge in [0.25, 0.3) is 0 Å². The summed E-state index contributed by atoms with van der Waals surface area (Å²) in [5.74, 6) is 0.109. The highest BCUT2D eigenvalue weighted by molar-refractivity contribution is 5.89. The van der Waals surface area contributed by atoms with E-state index < -0.39 is 6.04 Å². The Labute approximate surface area is 165 Å². The van der Waals surface area contributed by atoms with Crippen LogP contribution in [0, 0.1) is 0 Å². The zero-order valence-corrected chi connectivity index (χ0v) is 16.1. The number of ether oxygens (including phenoxy) is 1. The number of benzene rings is 1. The van der Waals surface area contributed by atoms with Crippen LogP contribution in [-0.2, 0) is 9.53 Å². The maximum absolute atomic E-state index is 12.1. The number of pyridine rings is 1. The van der Waals surface area contributed by atoms with Gasteiger partial charge in [0.05, 0.1) is 12.2 Å². The van der Waals surface area contributed by atoms with Crippen molar-refractivity contribution in [3.8, 4) is 0 Å². The number of aromatic nitrogens is 1. The number of nitrogens with zero attached hydrogens (tertiary/aromatic N) is 3. The van der Waals surface area contributed by atoms with Gasteiger partial charge in [0.1, 0.15) is 11.9 Å². The summed E-state index contributed by atoms with van der Waals surface area (Å²) in [7, 11) is 0. The molecule has 3 rings (SSSR count). The van der Waals surface area contributed by atoms with E-state index in [1.807, 2.05) is 36.4 Å². The van der Waals surface area contributed by atoms with Crippen molar-refractivity contribution >= 4 is 17.7 Å². The molecule has 0 radical (unpaired) electrons. The third-order valence-corrected chi connectivity index (χ3v) is 4.86. The van der Waals surface area contributed by atoms with Gasteiger partial charge in [-0.05, 0) is 31.0 Å². The van der Waals surface area contributed by atoms with Crippen LogP contribution in [0.2, 0.25) is 0 Å². The van der Waals surface area contributed by atoms with Crippen LogP contribution in [0.4, 0.5) is 5.82 Å². The smallest absolute Gasteiger partial charge is 0.339 e. The van der Waals surface area contributed by atoms with Crippen LogP contribution in [0.15, 0.2) is 48.7 Å². The number of carbonyl (C=O) groups excluding carboxylic acids is 2. The van der Waals surface area contributed by atoms with Crippen LogP contribution < -0.4 is 10.6 Å². The molecule has 2 N–H and O–H groups in total. The van der Waals surface area contributed by atoms with E-state index in [0.29, 0.717) is 18.7 Å². The standard InChI is InChI=1S/C21H26N4O3/c1-2-28-21(27)17-9-10-18(23-15-17)24-11-6-12-25(14-13-24)19(20(22)26)16-7-4-3-5-8-16/h3-5,7-10,15,19H,2,6,11-14H2,1H3,(H2,22,26). The van der Waals surface area contributed by atoms with Crippen LogP contribution >= 0.6 is 0 Å². The van der Waals surface area contributed by atoms with Crippen LogP contribution in [0.5, 0.6) is 0 Å². The van der Waals surface area contributed by atoms with Crippen molar-refractivity contribution in [3.05, 3.63) is 59.8 Å². The minimum atomic E-state index is -0.430. The Bertz CT molecular complexity index is 795. The monoisotopic (exact) mass is 382 g/mol. The van der Waals surface area contributed by atoms with Gasteiger partial charge in [0.15, 0.2) is 0 Å². The molecular formula is C21H26N4O3. The fraction of sp³-hybridized carbons (Fsp3) is 0.381. The molecule has 1 unspecified atom stereocenters. The lowest BCUT2D eigenvalue weighted by Gasteiger charge is -2.28.